The number of rotatable bonds is 0. The molecule has 1 nitrogen and oxygen atoms in total. The topological polar surface area (TPSA) is 20.2 Å². The molecule has 6 bridgehead atoms. The first kappa shape index (κ1) is 4.76. The zero-order chi connectivity index (χ0) is 6.46. The Hall–Kier alpha value is -0.0400. The fraction of sp³-hybridized carbons (Fsp3) is 1.00. The van der Waals surface area contributed by atoms with E-state index in [1.165, 1.54) is 6.42 Å². The van der Waals surface area contributed by atoms with Gasteiger partial charge in [-0.1, -0.05) is 0 Å². The average molecular weight is 136 g/mol. The largest absolute Gasteiger partial charge is 0.393 e. The van der Waals surface area contributed by atoms with Crippen LogP contribution in [0.1, 0.15) is 12.8 Å². The van der Waals surface area contributed by atoms with E-state index in [1.54, 1.807) is 0 Å². The molecular weight excluding hydrogens is 124 g/mol. The van der Waals surface area contributed by atoms with Crippen LogP contribution in [0.25, 0.3) is 0 Å². The van der Waals surface area contributed by atoms with Gasteiger partial charge in [-0.15, -0.1) is 0 Å². The second-order valence-corrected chi connectivity index (χ2v) is 4.76. The lowest BCUT2D eigenvalue weighted by molar-refractivity contribution is 0.104. The molecule has 5 rings (SSSR count). The summed E-state index contributed by atoms with van der Waals surface area (Å²) in [5.41, 5.74) is 0. The molecule has 0 aromatic carbocycles. The van der Waals surface area contributed by atoms with Gasteiger partial charge in [0.2, 0.25) is 0 Å². The predicted octanol–water partition coefficient (Wildman–Crippen LogP) is 0.879. The molecule has 5 aliphatic rings. The molecule has 0 radical (unpaired) electrons. The van der Waals surface area contributed by atoms with Crippen LogP contribution in [0.2, 0.25) is 0 Å². The van der Waals surface area contributed by atoms with Gasteiger partial charge in [0.05, 0.1) is 6.10 Å². The van der Waals surface area contributed by atoms with Gasteiger partial charge in [-0.25, -0.2) is 0 Å². The van der Waals surface area contributed by atoms with Crippen LogP contribution in [0.3, 0.4) is 0 Å². The van der Waals surface area contributed by atoms with E-state index in [2.05, 4.69) is 0 Å². The average Bonchev–Trinajstić information content (AvgIpc) is 2.34. The molecule has 0 spiro atoms. The number of hydrogen-bond acceptors (Lipinski definition) is 1. The minimum Gasteiger partial charge on any atom is -0.393 e. The molecule has 54 valence electrons. The smallest absolute Gasteiger partial charge is 0.0576 e. The first-order valence-corrected chi connectivity index (χ1v) is 4.56. The summed E-state index contributed by atoms with van der Waals surface area (Å²) in [6.45, 7) is 0. The van der Waals surface area contributed by atoms with Crippen molar-refractivity contribution in [3.63, 3.8) is 0 Å². The van der Waals surface area contributed by atoms with Gasteiger partial charge in [0, 0.05) is 0 Å². The second kappa shape index (κ2) is 1.08. The molecule has 5 saturated carbocycles. The molecule has 0 aliphatic heterocycles. The molecule has 7 atom stereocenters. The zero-order valence-electron chi connectivity index (χ0n) is 5.90. The van der Waals surface area contributed by atoms with Crippen LogP contribution in [0.15, 0.2) is 0 Å². The first-order chi connectivity index (χ1) is 4.88. The van der Waals surface area contributed by atoms with Crippen LogP contribution < -0.4 is 0 Å². The number of aliphatic hydroxyl groups is 1. The van der Waals surface area contributed by atoms with Crippen LogP contribution in [0, 0.1) is 35.5 Å². The molecule has 1 N–H and O–H groups in total. The Kier molecular flexibility index (Phi) is 0.513. The molecule has 7 unspecified atom stereocenters. The molecule has 0 aromatic heterocycles. The summed E-state index contributed by atoms with van der Waals surface area (Å²) in [5, 5.41) is 9.61. The normalized spacial score (nSPS) is 80.7. The second-order valence-electron chi connectivity index (χ2n) is 4.76. The highest BCUT2D eigenvalue weighted by atomic mass is 16.3. The Morgan fingerprint density at radius 2 is 1.60 bits per heavy atom. The van der Waals surface area contributed by atoms with E-state index in [0.717, 1.165) is 41.9 Å². The van der Waals surface area contributed by atoms with Crippen molar-refractivity contribution in [1.82, 2.24) is 0 Å². The van der Waals surface area contributed by atoms with Gasteiger partial charge in [0.25, 0.3) is 0 Å². The predicted molar refractivity (Wildman–Crippen MR) is 36.2 cm³/mol. The SMILES string of the molecule is OC1CC2C3CC4C2C4C13. The van der Waals surface area contributed by atoms with Crippen LogP contribution in [-0.4, -0.2) is 11.2 Å². The third kappa shape index (κ3) is 0.268. The molecule has 0 saturated heterocycles. The highest BCUT2D eigenvalue weighted by Gasteiger charge is 2.77. The van der Waals surface area contributed by atoms with Gasteiger partial charge < -0.3 is 5.11 Å². The molecular formula is C9H12O. The molecule has 0 amide bonds. The third-order valence-corrected chi connectivity index (χ3v) is 4.78. The molecule has 0 aromatic rings. The van der Waals surface area contributed by atoms with Crippen LogP contribution >= 0.6 is 0 Å². The Morgan fingerprint density at radius 3 is 2.10 bits per heavy atom. The van der Waals surface area contributed by atoms with Crippen molar-refractivity contribution in [3.8, 4) is 0 Å². The quantitative estimate of drug-likeness (QED) is 0.524. The number of aliphatic hydroxyl groups excluding tert-OH is 1. The standard InChI is InChI=1S/C9H12O/c10-6-2-4-3-1-5-7(4)9(5)8(3)6/h3-10H,1-2H2. The van der Waals surface area contributed by atoms with E-state index < -0.39 is 0 Å². The van der Waals surface area contributed by atoms with Crippen molar-refractivity contribution in [2.45, 2.75) is 18.9 Å². The van der Waals surface area contributed by atoms with E-state index in [4.69, 9.17) is 0 Å². The fourth-order valence-corrected chi connectivity index (χ4v) is 4.70. The van der Waals surface area contributed by atoms with Gasteiger partial charge in [-0.05, 0) is 48.3 Å². The van der Waals surface area contributed by atoms with E-state index in [-0.39, 0.29) is 6.10 Å². The fourth-order valence-electron chi connectivity index (χ4n) is 4.70. The van der Waals surface area contributed by atoms with Gasteiger partial charge in [-0.3, -0.25) is 0 Å². The van der Waals surface area contributed by atoms with Crippen molar-refractivity contribution in [1.29, 1.82) is 0 Å². The van der Waals surface area contributed by atoms with Crippen molar-refractivity contribution < 1.29 is 5.11 Å². The van der Waals surface area contributed by atoms with Crippen molar-refractivity contribution in [3.05, 3.63) is 0 Å². The van der Waals surface area contributed by atoms with Gasteiger partial charge in [0.15, 0.2) is 0 Å². The summed E-state index contributed by atoms with van der Waals surface area (Å²) >= 11 is 0. The summed E-state index contributed by atoms with van der Waals surface area (Å²) in [5.74, 6) is 5.96. The van der Waals surface area contributed by atoms with Gasteiger partial charge in [-0.2, -0.15) is 0 Å². The summed E-state index contributed by atoms with van der Waals surface area (Å²) in [6, 6.07) is 0. The zero-order valence-corrected chi connectivity index (χ0v) is 5.90. The molecule has 0 heterocycles. The Labute approximate surface area is 60.4 Å². The number of hydrogen-bond donors (Lipinski definition) is 1. The summed E-state index contributed by atoms with van der Waals surface area (Å²) < 4.78 is 0. The van der Waals surface area contributed by atoms with Crippen LogP contribution in [-0.2, 0) is 0 Å². The minimum atomic E-state index is 0.115. The van der Waals surface area contributed by atoms with Crippen LogP contribution in [0.4, 0.5) is 0 Å². The summed E-state index contributed by atoms with van der Waals surface area (Å²) in [4.78, 5) is 0. The van der Waals surface area contributed by atoms with Crippen molar-refractivity contribution >= 4 is 0 Å². The maximum absolute atomic E-state index is 9.61. The maximum Gasteiger partial charge on any atom is 0.0576 e. The third-order valence-electron chi connectivity index (χ3n) is 4.78. The van der Waals surface area contributed by atoms with E-state index in [0.29, 0.717) is 0 Å². The highest BCUT2D eigenvalue weighted by Crippen LogP contribution is 2.80. The molecule has 1 heteroatoms. The Balaban J connectivity index is 1.93. The van der Waals surface area contributed by atoms with Crippen LogP contribution in [0.5, 0.6) is 0 Å². The first-order valence-electron chi connectivity index (χ1n) is 4.56. The van der Waals surface area contributed by atoms with Gasteiger partial charge >= 0.3 is 0 Å². The molecule has 10 heavy (non-hydrogen) atoms. The lowest BCUT2D eigenvalue weighted by Gasteiger charge is -2.14. The summed E-state index contributed by atoms with van der Waals surface area (Å²) in [6.07, 6.45) is 2.76. The Morgan fingerprint density at radius 1 is 0.800 bits per heavy atom. The molecule has 5 aliphatic carbocycles. The van der Waals surface area contributed by atoms with Crippen molar-refractivity contribution in [2.24, 2.45) is 35.5 Å². The maximum atomic E-state index is 9.61. The van der Waals surface area contributed by atoms with E-state index in [9.17, 15) is 5.11 Å². The minimum absolute atomic E-state index is 0.115. The van der Waals surface area contributed by atoms with Crippen molar-refractivity contribution in [2.75, 3.05) is 0 Å². The highest BCUT2D eigenvalue weighted by molar-refractivity contribution is 5.25. The van der Waals surface area contributed by atoms with E-state index >= 15 is 0 Å². The summed E-state index contributed by atoms with van der Waals surface area (Å²) in [7, 11) is 0. The Bertz CT molecular complexity index is 213. The molecule has 5 fully saturated rings. The monoisotopic (exact) mass is 136 g/mol. The van der Waals surface area contributed by atoms with E-state index in [1.807, 2.05) is 0 Å². The lowest BCUT2D eigenvalue weighted by Crippen LogP contribution is -2.18. The lowest BCUT2D eigenvalue weighted by atomic mass is 9.98. The van der Waals surface area contributed by atoms with Gasteiger partial charge in [0.1, 0.15) is 0 Å².